The molecule has 4 rings (SSSR count). The van der Waals surface area contributed by atoms with Gasteiger partial charge in [-0.3, -0.25) is 0 Å². The molecule has 0 heterocycles. The van der Waals surface area contributed by atoms with E-state index in [-0.39, 0.29) is 23.9 Å². The molecule has 0 aromatic rings. The number of nitrogens with zero attached hydrogens (tertiary/aromatic N) is 1. The Hall–Kier alpha value is -1.53. The molecule has 2 unspecified atom stereocenters. The minimum atomic E-state index is -1.01. The van der Waals surface area contributed by atoms with Gasteiger partial charge >= 0.3 is 12.1 Å². The van der Waals surface area contributed by atoms with Crippen LogP contribution in [0.1, 0.15) is 52.9 Å². The Kier molecular flexibility index (Phi) is 4.16. The monoisotopic (exact) mass is 341 g/mol. The summed E-state index contributed by atoms with van der Waals surface area (Å²) in [5.41, 5.74) is 3.02. The lowest BCUT2D eigenvalue weighted by molar-refractivity contribution is -0.111. The van der Waals surface area contributed by atoms with Crippen LogP contribution in [-0.4, -0.2) is 41.4 Å². The zero-order valence-electron chi connectivity index (χ0n) is 14.9. The Labute approximate surface area is 142 Å². The van der Waals surface area contributed by atoms with Crippen LogP contribution in [0.4, 0.5) is 14.0 Å². The van der Waals surface area contributed by atoms with Crippen molar-refractivity contribution in [2.75, 3.05) is 7.05 Å². The molecule has 6 nitrogen and oxygen atoms in total. The summed E-state index contributed by atoms with van der Waals surface area (Å²) in [6, 6.07) is -0.336. The third-order valence-corrected chi connectivity index (χ3v) is 5.59. The van der Waals surface area contributed by atoms with Gasteiger partial charge in [0.05, 0.1) is 0 Å². The lowest BCUT2D eigenvalue weighted by Gasteiger charge is -2.58. The first kappa shape index (κ1) is 17.3. The first-order chi connectivity index (χ1) is 11.1. The summed E-state index contributed by atoms with van der Waals surface area (Å²) in [6.07, 6.45) is 3.12. The van der Waals surface area contributed by atoms with E-state index in [0.29, 0.717) is 25.2 Å². The summed E-state index contributed by atoms with van der Waals surface area (Å²) in [5.74, 6) is 0.914. The number of carbonyl (C=O) groups excluding carboxylic acids is 2. The van der Waals surface area contributed by atoms with Crippen molar-refractivity contribution < 1.29 is 18.7 Å². The average molecular weight is 341 g/mol. The molecule has 4 aliphatic rings. The SMILES string of the molecule is CN(C(=O)NNC(=O)OC(C)(C)C)C1C2CC3CC1CC(F)(C3)C2. The minimum Gasteiger partial charge on any atom is -0.443 e. The van der Waals surface area contributed by atoms with Crippen LogP contribution in [0, 0.1) is 17.8 Å². The molecular weight excluding hydrogens is 313 g/mol. The number of hydrogen-bond donors (Lipinski definition) is 2. The molecular formula is C17H28FN3O3. The summed E-state index contributed by atoms with van der Waals surface area (Å²) >= 11 is 0. The van der Waals surface area contributed by atoms with E-state index in [1.807, 2.05) is 0 Å². The number of hydrazine groups is 1. The summed E-state index contributed by atoms with van der Waals surface area (Å²) in [5, 5.41) is 0. The van der Waals surface area contributed by atoms with Crippen molar-refractivity contribution in [2.24, 2.45) is 17.8 Å². The molecule has 4 saturated carbocycles. The number of rotatable bonds is 1. The predicted molar refractivity (Wildman–Crippen MR) is 86.8 cm³/mol. The molecule has 0 aromatic heterocycles. The van der Waals surface area contributed by atoms with Crippen LogP contribution in [0.25, 0.3) is 0 Å². The quantitative estimate of drug-likeness (QED) is 0.720. The Morgan fingerprint density at radius 3 is 2.21 bits per heavy atom. The number of urea groups is 1. The Morgan fingerprint density at radius 1 is 1.12 bits per heavy atom. The zero-order chi connectivity index (χ0) is 17.7. The lowest BCUT2D eigenvalue weighted by Crippen LogP contribution is -2.62. The van der Waals surface area contributed by atoms with Gasteiger partial charge in [0.15, 0.2) is 0 Å². The average Bonchev–Trinajstić information content (AvgIpc) is 2.40. The number of ether oxygens (including phenoxy) is 1. The van der Waals surface area contributed by atoms with E-state index in [9.17, 15) is 14.0 Å². The van der Waals surface area contributed by atoms with Crippen LogP contribution in [0.15, 0.2) is 0 Å². The number of halogens is 1. The lowest BCUT2D eigenvalue weighted by atomic mass is 9.52. The van der Waals surface area contributed by atoms with Gasteiger partial charge in [-0.15, -0.1) is 0 Å². The van der Waals surface area contributed by atoms with Gasteiger partial charge in [-0.25, -0.2) is 24.8 Å². The van der Waals surface area contributed by atoms with Gasteiger partial charge in [0, 0.05) is 13.1 Å². The molecule has 24 heavy (non-hydrogen) atoms. The van der Waals surface area contributed by atoms with E-state index in [0.717, 1.165) is 12.8 Å². The molecule has 136 valence electrons. The molecule has 0 saturated heterocycles. The molecule has 7 heteroatoms. The third-order valence-electron chi connectivity index (χ3n) is 5.59. The number of nitrogens with one attached hydrogen (secondary N) is 2. The van der Waals surface area contributed by atoms with Crippen molar-refractivity contribution in [1.29, 1.82) is 0 Å². The maximum atomic E-state index is 14.7. The van der Waals surface area contributed by atoms with E-state index in [4.69, 9.17) is 4.74 Å². The Bertz CT molecular complexity index is 518. The molecule has 0 aliphatic heterocycles. The maximum Gasteiger partial charge on any atom is 0.426 e. The van der Waals surface area contributed by atoms with Crippen molar-refractivity contribution in [3.8, 4) is 0 Å². The summed E-state index contributed by atoms with van der Waals surface area (Å²) in [6.45, 7) is 5.26. The fourth-order valence-corrected chi connectivity index (χ4v) is 5.16. The van der Waals surface area contributed by atoms with E-state index < -0.39 is 17.4 Å². The van der Waals surface area contributed by atoms with Crippen LogP contribution in [-0.2, 0) is 4.74 Å². The third kappa shape index (κ3) is 3.44. The number of amides is 3. The summed E-state index contributed by atoms with van der Waals surface area (Å²) in [4.78, 5) is 25.6. The van der Waals surface area contributed by atoms with Gasteiger partial charge in [0.2, 0.25) is 0 Å². The highest BCUT2D eigenvalue weighted by molar-refractivity contribution is 5.78. The maximum absolute atomic E-state index is 14.7. The van der Waals surface area contributed by atoms with E-state index in [1.165, 1.54) is 0 Å². The zero-order valence-corrected chi connectivity index (χ0v) is 14.9. The normalized spacial score (nSPS) is 37.0. The van der Waals surface area contributed by atoms with Gasteiger partial charge in [0.25, 0.3) is 0 Å². The van der Waals surface area contributed by atoms with Crippen LogP contribution in [0.5, 0.6) is 0 Å². The molecule has 4 aliphatic carbocycles. The second-order valence-electron chi connectivity index (χ2n) is 8.78. The fraction of sp³-hybridized carbons (Fsp3) is 0.882. The molecule has 4 bridgehead atoms. The van der Waals surface area contributed by atoms with Crippen LogP contribution in [0.3, 0.4) is 0 Å². The van der Waals surface area contributed by atoms with Crippen molar-refractivity contribution in [3.05, 3.63) is 0 Å². The molecule has 0 spiro atoms. The highest BCUT2D eigenvalue weighted by Gasteiger charge is 2.57. The van der Waals surface area contributed by atoms with Gasteiger partial charge < -0.3 is 9.64 Å². The largest absolute Gasteiger partial charge is 0.443 e. The van der Waals surface area contributed by atoms with Crippen molar-refractivity contribution in [1.82, 2.24) is 15.8 Å². The van der Waals surface area contributed by atoms with Gasteiger partial charge in [-0.05, 0) is 70.6 Å². The Morgan fingerprint density at radius 2 is 1.71 bits per heavy atom. The van der Waals surface area contributed by atoms with E-state index >= 15 is 0 Å². The standard InChI is InChI=1S/C17H28FN3O3/c1-16(2,3)24-15(23)20-19-14(22)21(4)13-11-5-10-6-12(13)9-17(18,7-10)8-11/h10-13H,5-9H2,1-4H3,(H,19,22)(H,20,23). The number of hydrogen-bond acceptors (Lipinski definition) is 3. The highest BCUT2D eigenvalue weighted by Crippen LogP contribution is 2.58. The molecule has 2 atom stereocenters. The Balaban J connectivity index is 1.56. The number of alkyl halides is 1. The summed E-state index contributed by atoms with van der Waals surface area (Å²) in [7, 11) is 1.73. The number of carbonyl (C=O) groups is 2. The molecule has 2 N–H and O–H groups in total. The van der Waals surface area contributed by atoms with E-state index in [1.54, 1.807) is 32.7 Å². The van der Waals surface area contributed by atoms with Crippen LogP contribution < -0.4 is 10.9 Å². The van der Waals surface area contributed by atoms with Gasteiger partial charge in [-0.1, -0.05) is 0 Å². The van der Waals surface area contributed by atoms with Gasteiger partial charge in [-0.2, -0.15) is 0 Å². The first-order valence-corrected chi connectivity index (χ1v) is 8.77. The summed E-state index contributed by atoms with van der Waals surface area (Å²) < 4.78 is 19.8. The molecule has 0 radical (unpaired) electrons. The molecule has 4 fully saturated rings. The predicted octanol–water partition coefficient (Wildman–Crippen LogP) is 2.98. The second kappa shape index (κ2) is 5.77. The molecule has 0 aromatic carbocycles. The second-order valence-corrected chi connectivity index (χ2v) is 8.78. The van der Waals surface area contributed by atoms with Crippen LogP contribution >= 0.6 is 0 Å². The van der Waals surface area contributed by atoms with Crippen molar-refractivity contribution >= 4 is 12.1 Å². The first-order valence-electron chi connectivity index (χ1n) is 8.77. The topological polar surface area (TPSA) is 70.7 Å². The van der Waals surface area contributed by atoms with Gasteiger partial charge in [0.1, 0.15) is 11.3 Å². The van der Waals surface area contributed by atoms with Crippen molar-refractivity contribution in [2.45, 2.75) is 70.2 Å². The van der Waals surface area contributed by atoms with Crippen LogP contribution in [0.2, 0.25) is 0 Å². The van der Waals surface area contributed by atoms with Crippen molar-refractivity contribution in [3.63, 3.8) is 0 Å². The highest BCUT2D eigenvalue weighted by atomic mass is 19.1. The van der Waals surface area contributed by atoms with E-state index in [2.05, 4.69) is 10.9 Å². The fourth-order valence-electron chi connectivity index (χ4n) is 5.16. The smallest absolute Gasteiger partial charge is 0.426 e. The minimum absolute atomic E-state index is 0.0471. The molecule has 3 amide bonds.